The highest BCUT2D eigenvalue weighted by Gasteiger charge is 2.26. The number of ether oxygens (including phenoxy) is 1. The van der Waals surface area contributed by atoms with Gasteiger partial charge in [0.25, 0.3) is 5.52 Å². The molecule has 5 aromatic rings. The number of oxazole rings is 1. The molecule has 1 aliphatic rings. The van der Waals surface area contributed by atoms with E-state index < -0.39 is 0 Å². The first-order valence-corrected chi connectivity index (χ1v) is 13.6. The van der Waals surface area contributed by atoms with E-state index in [2.05, 4.69) is 91.9 Å². The van der Waals surface area contributed by atoms with Crippen LogP contribution < -0.4 is 23.3 Å². The number of fused-ring (bicyclic) bond motifs is 2. The molecule has 0 atom stereocenters. The molecule has 0 saturated carbocycles. The van der Waals surface area contributed by atoms with Crippen molar-refractivity contribution >= 4 is 22.9 Å². The zero-order chi connectivity index (χ0) is 26.3. The number of pyridine rings is 2. The minimum Gasteiger partial charge on any atom is -0.439 e. The van der Waals surface area contributed by atoms with Gasteiger partial charge in [-0.3, -0.25) is 0 Å². The second-order valence-electron chi connectivity index (χ2n) is 9.58. The van der Waals surface area contributed by atoms with E-state index in [1.165, 1.54) is 0 Å². The van der Waals surface area contributed by atoms with Crippen molar-refractivity contribution in [3.05, 3.63) is 134 Å². The molecule has 0 fully saturated rings. The van der Waals surface area contributed by atoms with Crippen molar-refractivity contribution < 1.29 is 22.9 Å². The zero-order valence-corrected chi connectivity index (χ0v) is 22.0. The Bertz CT molecular complexity index is 1590. The van der Waals surface area contributed by atoms with E-state index in [4.69, 9.17) is 9.15 Å². The van der Waals surface area contributed by atoms with Crippen LogP contribution in [0.1, 0.15) is 18.7 Å². The second kappa shape index (κ2) is 11.8. The highest BCUT2D eigenvalue weighted by Crippen LogP contribution is 2.38. The van der Waals surface area contributed by atoms with Crippen LogP contribution in [0.3, 0.4) is 0 Å². The average Bonchev–Trinajstić information content (AvgIpc) is 3.52. The summed E-state index contributed by atoms with van der Waals surface area (Å²) in [5.41, 5.74) is 3.10. The third kappa shape index (κ3) is 5.75. The monoisotopic (exact) mass is 517 g/mol. The number of para-hydroxylation sites is 4. The van der Waals surface area contributed by atoms with E-state index >= 15 is 0 Å². The summed E-state index contributed by atoms with van der Waals surface area (Å²) in [6.07, 6.45) is 16.5. The van der Waals surface area contributed by atoms with Crippen LogP contribution >= 0.6 is 0 Å². The van der Waals surface area contributed by atoms with Gasteiger partial charge in [-0.2, -0.15) is 4.57 Å². The first-order chi connectivity index (χ1) is 19.3. The SMILES string of the molecule is C(=C\c1oc2ccccc2[n+]1CCC[n+]1ccccc1)/C=C1/Oc2ccccc2N1CCC[n+]1ccccc1. The molecule has 0 bridgehead atoms. The summed E-state index contributed by atoms with van der Waals surface area (Å²) in [6.45, 7) is 3.62. The number of hydrogen-bond donors (Lipinski definition) is 0. The van der Waals surface area contributed by atoms with Crippen LogP contribution in [0.4, 0.5) is 5.69 Å². The predicted molar refractivity (Wildman–Crippen MR) is 150 cm³/mol. The summed E-state index contributed by atoms with van der Waals surface area (Å²) < 4.78 is 19.2. The Balaban J connectivity index is 1.20. The number of rotatable bonds is 10. The number of nitrogens with zero attached hydrogens (tertiary/aromatic N) is 4. The van der Waals surface area contributed by atoms with E-state index in [0.717, 1.165) is 73.3 Å². The van der Waals surface area contributed by atoms with Gasteiger partial charge >= 0.3 is 5.89 Å². The largest absolute Gasteiger partial charge is 0.439 e. The fourth-order valence-corrected chi connectivity index (χ4v) is 5.02. The molecule has 6 rings (SSSR count). The van der Waals surface area contributed by atoms with Crippen molar-refractivity contribution in [2.75, 3.05) is 11.4 Å². The first-order valence-electron chi connectivity index (χ1n) is 13.6. The minimum absolute atomic E-state index is 0.827. The molecule has 39 heavy (non-hydrogen) atoms. The minimum atomic E-state index is 0.827. The fraction of sp³-hybridized carbons (Fsp3) is 0.182. The molecule has 4 heterocycles. The first kappa shape index (κ1) is 24.6. The molecule has 3 aromatic heterocycles. The molecular formula is C33H33N4O2+3. The van der Waals surface area contributed by atoms with Gasteiger partial charge in [-0.25, -0.2) is 9.13 Å². The molecule has 0 amide bonds. The normalized spacial score (nSPS) is 13.8. The van der Waals surface area contributed by atoms with Crippen LogP contribution in [-0.2, 0) is 19.6 Å². The third-order valence-corrected chi connectivity index (χ3v) is 6.90. The third-order valence-electron chi connectivity index (χ3n) is 6.90. The standard InChI is InChI=1S/C33H33N4O2/c1-7-20-34(21-8-1)24-12-26-36-28-14-3-5-16-30(28)38-32(36)18-11-19-33-37(29-15-4-6-17-31(29)39-33)27-13-25-35-22-9-2-10-23-35/h1-11,14-23H,12-13,24-27H2/q+3. The van der Waals surface area contributed by atoms with Crippen LogP contribution in [0, 0.1) is 0 Å². The van der Waals surface area contributed by atoms with Crippen molar-refractivity contribution in [2.24, 2.45) is 0 Å². The molecule has 0 N–H and O–H groups in total. The van der Waals surface area contributed by atoms with Gasteiger partial charge in [0.05, 0.1) is 18.2 Å². The van der Waals surface area contributed by atoms with Crippen LogP contribution in [-0.4, -0.2) is 6.54 Å². The van der Waals surface area contributed by atoms with Crippen LogP contribution in [0.25, 0.3) is 17.2 Å². The highest BCUT2D eigenvalue weighted by atomic mass is 16.5. The van der Waals surface area contributed by atoms with Crippen molar-refractivity contribution in [1.29, 1.82) is 0 Å². The summed E-state index contributed by atoms with van der Waals surface area (Å²) in [5.74, 6) is 2.55. The van der Waals surface area contributed by atoms with Gasteiger partial charge in [0, 0.05) is 43.3 Å². The van der Waals surface area contributed by atoms with Gasteiger partial charge in [0.2, 0.25) is 11.5 Å². The lowest BCUT2D eigenvalue weighted by molar-refractivity contribution is -0.719. The molecule has 0 aliphatic carbocycles. The van der Waals surface area contributed by atoms with Crippen LogP contribution in [0.2, 0.25) is 0 Å². The van der Waals surface area contributed by atoms with Gasteiger partial charge in [-0.05, 0) is 30.4 Å². The predicted octanol–water partition coefficient (Wildman–Crippen LogP) is 5.23. The number of aryl methyl sites for hydroxylation is 3. The van der Waals surface area contributed by atoms with Crippen molar-refractivity contribution in [1.82, 2.24) is 0 Å². The van der Waals surface area contributed by atoms with E-state index in [9.17, 15) is 0 Å². The summed E-state index contributed by atoms with van der Waals surface area (Å²) in [7, 11) is 0. The van der Waals surface area contributed by atoms with Crippen molar-refractivity contribution in [2.45, 2.75) is 32.5 Å². The highest BCUT2D eigenvalue weighted by molar-refractivity contribution is 5.70. The van der Waals surface area contributed by atoms with Gasteiger partial charge in [0.15, 0.2) is 43.6 Å². The number of hydrogen-bond acceptors (Lipinski definition) is 3. The van der Waals surface area contributed by atoms with Crippen LogP contribution in [0.5, 0.6) is 5.75 Å². The molecule has 0 radical (unpaired) electrons. The quantitative estimate of drug-likeness (QED) is 0.238. The lowest BCUT2D eigenvalue weighted by atomic mass is 10.2. The van der Waals surface area contributed by atoms with Gasteiger partial charge < -0.3 is 14.1 Å². The Hall–Kier alpha value is -4.71. The average molecular weight is 518 g/mol. The van der Waals surface area contributed by atoms with E-state index in [0.29, 0.717) is 0 Å². The molecule has 0 saturated heterocycles. The van der Waals surface area contributed by atoms with Gasteiger partial charge in [0.1, 0.15) is 6.54 Å². The summed E-state index contributed by atoms with van der Waals surface area (Å²) >= 11 is 0. The maximum absolute atomic E-state index is 6.25. The van der Waals surface area contributed by atoms with Gasteiger partial charge in [-0.15, -0.1) is 0 Å². The zero-order valence-electron chi connectivity index (χ0n) is 22.0. The lowest BCUT2D eigenvalue weighted by Crippen LogP contribution is -2.39. The molecule has 2 aromatic carbocycles. The van der Waals surface area contributed by atoms with E-state index in [1.807, 2.05) is 54.6 Å². The van der Waals surface area contributed by atoms with E-state index in [1.54, 1.807) is 0 Å². The number of anilines is 1. The Morgan fingerprint density at radius 3 is 2.18 bits per heavy atom. The Morgan fingerprint density at radius 1 is 0.692 bits per heavy atom. The smallest absolute Gasteiger partial charge is 0.374 e. The fourth-order valence-electron chi connectivity index (χ4n) is 5.02. The summed E-state index contributed by atoms with van der Waals surface area (Å²) in [4.78, 5) is 2.26. The molecule has 1 aliphatic heterocycles. The summed E-state index contributed by atoms with van der Waals surface area (Å²) in [5, 5.41) is 0. The number of benzene rings is 2. The molecule has 0 spiro atoms. The Morgan fingerprint density at radius 2 is 1.38 bits per heavy atom. The molecule has 6 nitrogen and oxygen atoms in total. The molecule has 6 heteroatoms. The topological polar surface area (TPSA) is 37.2 Å². The van der Waals surface area contributed by atoms with E-state index in [-0.39, 0.29) is 0 Å². The molecular weight excluding hydrogens is 484 g/mol. The summed E-state index contributed by atoms with van der Waals surface area (Å²) in [6, 6.07) is 28.8. The van der Waals surface area contributed by atoms with Gasteiger partial charge in [-0.1, -0.05) is 36.4 Å². The molecule has 0 unspecified atom stereocenters. The number of allylic oxidation sites excluding steroid dienone is 2. The van der Waals surface area contributed by atoms with Crippen LogP contribution in [0.15, 0.2) is 132 Å². The maximum atomic E-state index is 6.25. The van der Waals surface area contributed by atoms with Crippen molar-refractivity contribution in [3.63, 3.8) is 0 Å². The maximum Gasteiger partial charge on any atom is 0.374 e. The van der Waals surface area contributed by atoms with Crippen molar-refractivity contribution in [3.8, 4) is 5.75 Å². The Kier molecular flexibility index (Phi) is 7.43. The number of aromatic nitrogens is 3. The second-order valence-corrected chi connectivity index (χ2v) is 9.58. The Labute approximate surface area is 229 Å². The molecule has 194 valence electrons. The lowest BCUT2D eigenvalue weighted by Gasteiger charge is -2.17.